The van der Waals surface area contributed by atoms with Crippen molar-refractivity contribution >= 4 is 39.0 Å². The Balaban J connectivity index is 1.91. The minimum atomic E-state index is 0.419. The number of nitrogens with two attached hydrogens (primary N) is 1. The molecule has 2 heterocycles. The van der Waals surface area contributed by atoms with Crippen molar-refractivity contribution in [2.45, 2.75) is 6.61 Å². The normalized spacial score (nSPS) is 10.8. The van der Waals surface area contributed by atoms with E-state index in [9.17, 15) is 0 Å². The summed E-state index contributed by atoms with van der Waals surface area (Å²) in [4.78, 5) is 9.27. The topological polar surface area (TPSA) is 61.0 Å². The van der Waals surface area contributed by atoms with Crippen molar-refractivity contribution in [3.05, 3.63) is 46.6 Å². The maximum absolute atomic E-state index is 6.13. The Hall–Kier alpha value is -1.85. The van der Waals surface area contributed by atoms with Crippen molar-refractivity contribution < 1.29 is 4.74 Å². The molecule has 0 radical (unpaired) electrons. The number of halogens is 1. The highest BCUT2D eigenvalue weighted by Gasteiger charge is 2.07. The van der Waals surface area contributed by atoms with Crippen molar-refractivity contribution in [3.8, 4) is 5.75 Å². The monoisotopic (exact) mass is 291 g/mol. The number of nitrogen functional groups attached to an aromatic ring is 1. The van der Waals surface area contributed by atoms with Crippen molar-refractivity contribution in [3.63, 3.8) is 0 Å². The second-order valence-electron chi connectivity index (χ2n) is 3.90. The van der Waals surface area contributed by atoms with Gasteiger partial charge in [0.15, 0.2) is 5.13 Å². The van der Waals surface area contributed by atoms with Gasteiger partial charge in [-0.2, -0.15) is 0 Å². The minimum Gasteiger partial charge on any atom is -0.486 e. The van der Waals surface area contributed by atoms with Crippen molar-refractivity contribution in [2.75, 3.05) is 5.73 Å². The molecule has 0 aliphatic rings. The van der Waals surface area contributed by atoms with Crippen molar-refractivity contribution in [1.82, 2.24) is 9.97 Å². The molecule has 0 unspecified atom stereocenters. The van der Waals surface area contributed by atoms with E-state index in [2.05, 4.69) is 9.97 Å². The van der Waals surface area contributed by atoms with Crippen molar-refractivity contribution in [2.24, 2.45) is 0 Å². The lowest BCUT2D eigenvalue weighted by atomic mass is 10.2. The molecule has 3 rings (SSSR count). The molecule has 96 valence electrons. The summed E-state index contributed by atoms with van der Waals surface area (Å²) in [6.45, 7) is 0.419. The van der Waals surface area contributed by atoms with Crippen LogP contribution in [0.1, 0.15) is 4.88 Å². The van der Waals surface area contributed by atoms with Crippen LogP contribution in [0.25, 0.3) is 10.9 Å². The first-order valence-electron chi connectivity index (χ1n) is 5.60. The van der Waals surface area contributed by atoms with Crippen LogP contribution in [0.4, 0.5) is 5.13 Å². The SMILES string of the molecule is Nc1ncc(COc2ccc(Cl)c3cccnc23)s1. The van der Waals surface area contributed by atoms with Crippen LogP contribution in [0.3, 0.4) is 0 Å². The molecule has 0 bridgehead atoms. The smallest absolute Gasteiger partial charge is 0.180 e. The first-order chi connectivity index (χ1) is 9.24. The molecule has 0 spiro atoms. The van der Waals surface area contributed by atoms with Gasteiger partial charge in [0.05, 0.1) is 9.90 Å². The fraction of sp³-hybridized carbons (Fsp3) is 0.0769. The van der Waals surface area contributed by atoms with E-state index in [1.165, 1.54) is 11.3 Å². The van der Waals surface area contributed by atoms with Gasteiger partial charge in [-0.1, -0.05) is 22.9 Å². The van der Waals surface area contributed by atoms with E-state index in [1.54, 1.807) is 12.4 Å². The largest absolute Gasteiger partial charge is 0.486 e. The average Bonchev–Trinajstić information content (AvgIpc) is 2.84. The second kappa shape index (κ2) is 5.03. The van der Waals surface area contributed by atoms with Crippen molar-refractivity contribution in [1.29, 1.82) is 0 Å². The number of thiazole rings is 1. The Kier molecular flexibility index (Phi) is 3.23. The Morgan fingerprint density at radius 2 is 2.16 bits per heavy atom. The van der Waals surface area contributed by atoms with Gasteiger partial charge in [-0.3, -0.25) is 4.98 Å². The van der Waals surface area contributed by atoms with E-state index in [1.807, 2.05) is 24.3 Å². The number of fused-ring (bicyclic) bond motifs is 1. The molecule has 6 heteroatoms. The molecule has 0 aliphatic carbocycles. The quantitative estimate of drug-likeness (QED) is 0.802. The summed E-state index contributed by atoms with van der Waals surface area (Å²) in [5, 5.41) is 2.08. The van der Waals surface area contributed by atoms with Crippen LogP contribution in [0.15, 0.2) is 36.7 Å². The predicted molar refractivity (Wildman–Crippen MR) is 77.6 cm³/mol. The third-order valence-corrected chi connectivity index (χ3v) is 3.75. The molecule has 4 nitrogen and oxygen atoms in total. The molecule has 2 N–H and O–H groups in total. The highest BCUT2D eigenvalue weighted by Crippen LogP contribution is 2.30. The van der Waals surface area contributed by atoms with E-state index in [4.69, 9.17) is 22.1 Å². The van der Waals surface area contributed by atoms with E-state index in [0.717, 1.165) is 15.8 Å². The predicted octanol–water partition coefficient (Wildman–Crippen LogP) is 3.51. The lowest BCUT2D eigenvalue weighted by Crippen LogP contribution is -1.95. The Bertz CT molecular complexity index is 729. The number of rotatable bonds is 3. The minimum absolute atomic E-state index is 0.419. The van der Waals surface area contributed by atoms with Crippen LogP contribution >= 0.6 is 22.9 Å². The molecule has 0 fully saturated rings. The summed E-state index contributed by atoms with van der Waals surface area (Å²) in [6, 6.07) is 7.40. The summed E-state index contributed by atoms with van der Waals surface area (Å²) in [6.07, 6.45) is 3.43. The van der Waals surface area contributed by atoms with E-state index >= 15 is 0 Å². The van der Waals surface area contributed by atoms with Crippen LogP contribution in [0, 0.1) is 0 Å². The third kappa shape index (κ3) is 2.47. The number of hydrogen-bond acceptors (Lipinski definition) is 5. The van der Waals surface area contributed by atoms with E-state index in [-0.39, 0.29) is 0 Å². The Morgan fingerprint density at radius 1 is 1.26 bits per heavy atom. The molecular formula is C13H10ClN3OS. The molecule has 0 saturated carbocycles. The zero-order valence-electron chi connectivity index (χ0n) is 9.84. The third-order valence-electron chi connectivity index (χ3n) is 2.62. The maximum Gasteiger partial charge on any atom is 0.180 e. The van der Waals surface area contributed by atoms with Gasteiger partial charge >= 0.3 is 0 Å². The van der Waals surface area contributed by atoms with Gasteiger partial charge in [0.2, 0.25) is 0 Å². The van der Waals surface area contributed by atoms with E-state index < -0.39 is 0 Å². The van der Waals surface area contributed by atoms with Crippen LogP contribution in [0.2, 0.25) is 5.02 Å². The number of pyridine rings is 1. The fourth-order valence-corrected chi connectivity index (χ4v) is 2.58. The zero-order valence-corrected chi connectivity index (χ0v) is 11.4. The standard InChI is InChI=1S/C13H10ClN3OS/c14-10-3-4-11(12-9(10)2-1-5-16-12)18-7-8-6-17-13(15)19-8/h1-6H,7H2,(H2,15,17). The van der Waals surface area contributed by atoms with Gasteiger partial charge < -0.3 is 10.5 Å². The number of anilines is 1. The molecule has 2 aromatic heterocycles. The van der Waals surface area contributed by atoms with E-state index in [0.29, 0.717) is 22.5 Å². The first-order valence-corrected chi connectivity index (χ1v) is 6.80. The number of benzene rings is 1. The summed E-state index contributed by atoms with van der Waals surface area (Å²) < 4.78 is 5.77. The molecule has 0 aliphatic heterocycles. The van der Waals surface area contributed by atoms with Crippen LogP contribution in [-0.2, 0) is 6.61 Å². The first kappa shape index (κ1) is 12.2. The molecule has 0 atom stereocenters. The number of ether oxygens (including phenoxy) is 1. The summed E-state index contributed by atoms with van der Waals surface area (Å²) in [5.74, 6) is 0.701. The molecule has 0 saturated heterocycles. The second-order valence-corrected chi connectivity index (χ2v) is 5.45. The summed E-state index contributed by atoms with van der Waals surface area (Å²) >= 11 is 7.54. The number of nitrogens with zero attached hydrogens (tertiary/aromatic N) is 2. The molecule has 0 amide bonds. The van der Waals surface area contributed by atoms with Gasteiger partial charge in [-0.25, -0.2) is 4.98 Å². The van der Waals surface area contributed by atoms with Gasteiger partial charge in [-0.15, -0.1) is 0 Å². The highest BCUT2D eigenvalue weighted by molar-refractivity contribution is 7.15. The molecule has 19 heavy (non-hydrogen) atoms. The highest BCUT2D eigenvalue weighted by atomic mass is 35.5. The fourth-order valence-electron chi connectivity index (χ4n) is 1.77. The van der Waals surface area contributed by atoms with Gasteiger partial charge in [-0.05, 0) is 24.3 Å². The summed E-state index contributed by atoms with van der Waals surface area (Å²) in [7, 11) is 0. The lowest BCUT2D eigenvalue weighted by Gasteiger charge is -2.08. The number of aromatic nitrogens is 2. The Morgan fingerprint density at radius 3 is 2.95 bits per heavy atom. The molecule has 1 aromatic carbocycles. The van der Waals surface area contributed by atoms with Crippen LogP contribution in [-0.4, -0.2) is 9.97 Å². The molecular weight excluding hydrogens is 282 g/mol. The van der Waals surface area contributed by atoms with Crippen LogP contribution < -0.4 is 10.5 Å². The number of hydrogen-bond donors (Lipinski definition) is 1. The maximum atomic E-state index is 6.13. The Labute approximate surface area is 118 Å². The van der Waals surface area contributed by atoms with Gasteiger partial charge in [0, 0.05) is 17.8 Å². The lowest BCUT2D eigenvalue weighted by molar-refractivity contribution is 0.313. The van der Waals surface area contributed by atoms with Crippen LogP contribution in [0.5, 0.6) is 5.75 Å². The average molecular weight is 292 g/mol. The molecule has 3 aromatic rings. The zero-order chi connectivity index (χ0) is 13.2. The van der Waals surface area contributed by atoms with Gasteiger partial charge in [0.25, 0.3) is 0 Å². The van der Waals surface area contributed by atoms with Gasteiger partial charge in [0.1, 0.15) is 17.9 Å². The summed E-state index contributed by atoms with van der Waals surface area (Å²) in [5.41, 5.74) is 6.34.